The van der Waals surface area contributed by atoms with Gasteiger partial charge in [0.1, 0.15) is 5.82 Å². The zero-order valence-corrected chi connectivity index (χ0v) is 15.9. The number of rotatable bonds is 7. The summed E-state index contributed by atoms with van der Waals surface area (Å²) < 4.78 is 12.2. The van der Waals surface area contributed by atoms with Crippen LogP contribution in [0.25, 0.3) is 4.96 Å². The number of hydrogen-bond acceptors (Lipinski definition) is 8. The second-order valence-electron chi connectivity index (χ2n) is 5.86. The van der Waals surface area contributed by atoms with E-state index in [1.54, 1.807) is 21.1 Å². The van der Waals surface area contributed by atoms with Crippen molar-refractivity contribution in [1.82, 2.24) is 19.5 Å². The van der Waals surface area contributed by atoms with Gasteiger partial charge in [-0.05, 0) is 31.7 Å². The van der Waals surface area contributed by atoms with Gasteiger partial charge in [0.2, 0.25) is 10.8 Å². The summed E-state index contributed by atoms with van der Waals surface area (Å²) in [4.78, 5) is 7.61. The molecule has 0 fully saturated rings. The van der Waals surface area contributed by atoms with Crippen LogP contribution in [0.1, 0.15) is 22.3 Å². The summed E-state index contributed by atoms with van der Waals surface area (Å²) in [5.41, 5.74) is 0.898. The summed E-state index contributed by atoms with van der Waals surface area (Å²) in [5.74, 6) is 1.88. The third-order valence-corrected chi connectivity index (χ3v) is 5.24. The van der Waals surface area contributed by atoms with E-state index in [2.05, 4.69) is 10.1 Å². The zero-order valence-electron chi connectivity index (χ0n) is 15.1. The fraction of sp³-hybridized carbons (Fsp3) is 0.412. The first-order chi connectivity index (χ1) is 12.5. The molecule has 3 rings (SSSR count). The highest BCUT2D eigenvalue weighted by Crippen LogP contribution is 2.41. The van der Waals surface area contributed by atoms with Crippen molar-refractivity contribution in [3.63, 3.8) is 0 Å². The maximum absolute atomic E-state index is 10.7. The van der Waals surface area contributed by atoms with Gasteiger partial charge >= 0.3 is 0 Å². The van der Waals surface area contributed by atoms with Crippen molar-refractivity contribution in [1.29, 1.82) is 0 Å². The van der Waals surface area contributed by atoms with Crippen LogP contribution in [0.2, 0.25) is 0 Å². The van der Waals surface area contributed by atoms with E-state index in [0.717, 1.165) is 5.56 Å². The van der Waals surface area contributed by atoms with Crippen molar-refractivity contribution in [2.75, 3.05) is 34.4 Å². The summed E-state index contributed by atoms with van der Waals surface area (Å²) in [6, 6.07) is 5.32. The van der Waals surface area contributed by atoms with Gasteiger partial charge in [-0.25, -0.2) is 4.98 Å². The third-order valence-electron chi connectivity index (χ3n) is 4.17. The van der Waals surface area contributed by atoms with Gasteiger partial charge in [0, 0.05) is 6.54 Å². The van der Waals surface area contributed by atoms with Crippen molar-refractivity contribution in [2.24, 2.45) is 0 Å². The number of aromatic nitrogens is 3. The number of nitrogens with zero attached hydrogens (tertiary/aromatic N) is 4. The monoisotopic (exact) mass is 378 g/mol. The van der Waals surface area contributed by atoms with Crippen LogP contribution in [-0.2, 0) is 0 Å². The van der Waals surface area contributed by atoms with Crippen molar-refractivity contribution >= 4 is 16.3 Å². The molecule has 2 heterocycles. The Bertz CT molecular complexity index is 908. The van der Waals surface area contributed by atoms with E-state index in [1.165, 1.54) is 15.9 Å². The molecule has 0 spiro atoms. The highest BCUT2D eigenvalue weighted by Gasteiger charge is 2.28. The van der Waals surface area contributed by atoms with E-state index in [4.69, 9.17) is 9.47 Å². The Morgan fingerprint density at radius 2 is 2.00 bits per heavy atom. The molecule has 0 aliphatic carbocycles. The number of ether oxygens (including phenoxy) is 2. The molecule has 1 atom stereocenters. The highest BCUT2D eigenvalue weighted by molar-refractivity contribution is 7.17. The number of aliphatic hydroxyl groups excluding tert-OH is 1. The first kappa shape index (κ1) is 18.4. The van der Waals surface area contributed by atoms with Gasteiger partial charge in [-0.3, -0.25) is 4.90 Å². The van der Waals surface area contributed by atoms with Crippen LogP contribution in [0.3, 0.4) is 0 Å². The van der Waals surface area contributed by atoms with E-state index >= 15 is 0 Å². The Balaban J connectivity index is 2.13. The Morgan fingerprint density at radius 3 is 2.62 bits per heavy atom. The number of aliphatic hydroxyl groups is 1. The fourth-order valence-electron chi connectivity index (χ4n) is 2.94. The molecule has 9 heteroatoms. The number of methoxy groups -OCH3 is 2. The van der Waals surface area contributed by atoms with E-state index in [-0.39, 0.29) is 18.5 Å². The molecule has 1 aromatic carbocycles. The average Bonchev–Trinajstić information content (AvgIpc) is 3.13. The van der Waals surface area contributed by atoms with E-state index < -0.39 is 0 Å². The topological polar surface area (TPSA) is 92.4 Å². The van der Waals surface area contributed by atoms with Crippen molar-refractivity contribution in [3.05, 3.63) is 34.5 Å². The molecule has 2 N–H and O–H groups in total. The molecule has 2 aromatic heterocycles. The number of benzene rings is 1. The van der Waals surface area contributed by atoms with Gasteiger partial charge in [0.15, 0.2) is 11.5 Å². The van der Waals surface area contributed by atoms with Crippen LogP contribution in [-0.4, -0.2) is 64.1 Å². The standard InChI is InChI=1S/C17H22N4O4S/c1-10-18-17-21(19-10)16(23)15(26-17)14(20(2)7-8-22)11-5-6-12(24-3)13(9-11)25-4/h5-6,9,14,22-23H,7-8H2,1-4H3. The van der Waals surface area contributed by atoms with Gasteiger partial charge in [-0.15, -0.1) is 5.10 Å². The van der Waals surface area contributed by atoms with Gasteiger partial charge in [-0.1, -0.05) is 17.4 Å². The predicted molar refractivity (Wildman–Crippen MR) is 98.4 cm³/mol. The van der Waals surface area contributed by atoms with E-state index in [9.17, 15) is 10.2 Å². The minimum atomic E-state index is -0.296. The van der Waals surface area contributed by atoms with Crippen LogP contribution in [0.4, 0.5) is 0 Å². The number of likely N-dealkylation sites (N-methyl/N-ethyl adjacent to an activating group) is 1. The summed E-state index contributed by atoms with van der Waals surface area (Å²) in [6.07, 6.45) is 0. The molecule has 26 heavy (non-hydrogen) atoms. The molecule has 0 amide bonds. The molecular formula is C17H22N4O4S. The molecule has 1 unspecified atom stereocenters. The lowest BCUT2D eigenvalue weighted by molar-refractivity contribution is 0.196. The van der Waals surface area contributed by atoms with Gasteiger partial charge in [-0.2, -0.15) is 4.52 Å². The quantitative estimate of drug-likeness (QED) is 0.648. The molecule has 0 aliphatic rings. The van der Waals surface area contributed by atoms with Crippen LogP contribution >= 0.6 is 11.3 Å². The van der Waals surface area contributed by atoms with Crippen LogP contribution in [0.15, 0.2) is 18.2 Å². The van der Waals surface area contributed by atoms with Crippen molar-refractivity contribution in [2.45, 2.75) is 13.0 Å². The zero-order chi connectivity index (χ0) is 18.8. The highest BCUT2D eigenvalue weighted by atomic mass is 32.1. The lowest BCUT2D eigenvalue weighted by Gasteiger charge is -2.27. The van der Waals surface area contributed by atoms with E-state index in [1.807, 2.05) is 30.1 Å². The summed E-state index contributed by atoms with van der Waals surface area (Å²) >= 11 is 1.37. The molecule has 0 aliphatic heterocycles. The molecule has 0 radical (unpaired) electrons. The Hall–Kier alpha value is -2.36. The van der Waals surface area contributed by atoms with Crippen LogP contribution in [0, 0.1) is 6.92 Å². The number of aryl methyl sites for hydroxylation is 1. The molecule has 3 aromatic rings. The average molecular weight is 378 g/mol. The number of hydrogen-bond donors (Lipinski definition) is 2. The minimum absolute atomic E-state index is 0.000913. The van der Waals surface area contributed by atoms with Crippen LogP contribution < -0.4 is 9.47 Å². The summed E-state index contributed by atoms with van der Waals surface area (Å²) in [7, 11) is 5.05. The second-order valence-corrected chi connectivity index (χ2v) is 6.87. The Morgan fingerprint density at radius 1 is 1.27 bits per heavy atom. The summed E-state index contributed by atoms with van der Waals surface area (Å²) in [6.45, 7) is 2.22. The molecule has 0 saturated heterocycles. The molecule has 0 saturated carbocycles. The lowest BCUT2D eigenvalue weighted by Crippen LogP contribution is -2.28. The first-order valence-corrected chi connectivity index (χ1v) is 8.89. The predicted octanol–water partition coefficient (Wildman–Crippen LogP) is 1.84. The van der Waals surface area contributed by atoms with Crippen molar-refractivity contribution in [3.8, 4) is 17.4 Å². The Labute approximate surface area is 155 Å². The third kappa shape index (κ3) is 3.20. The van der Waals surface area contributed by atoms with Crippen LogP contribution in [0.5, 0.6) is 17.4 Å². The second kappa shape index (κ2) is 7.48. The number of thiazole rings is 1. The molecule has 140 valence electrons. The maximum Gasteiger partial charge on any atom is 0.230 e. The van der Waals surface area contributed by atoms with Crippen molar-refractivity contribution < 1.29 is 19.7 Å². The summed E-state index contributed by atoms with van der Waals surface area (Å²) in [5, 5.41) is 24.3. The van der Waals surface area contributed by atoms with Gasteiger partial charge in [0.05, 0.1) is 31.7 Å². The maximum atomic E-state index is 10.7. The normalized spacial score (nSPS) is 12.7. The van der Waals surface area contributed by atoms with Gasteiger partial charge in [0.25, 0.3) is 0 Å². The lowest BCUT2D eigenvalue weighted by atomic mass is 10.0. The van der Waals surface area contributed by atoms with Gasteiger partial charge < -0.3 is 19.7 Å². The molecule has 8 nitrogen and oxygen atoms in total. The largest absolute Gasteiger partial charge is 0.493 e. The van der Waals surface area contributed by atoms with E-state index in [0.29, 0.717) is 33.7 Å². The SMILES string of the molecule is COc1ccc(C(c2sc3nc(C)nn3c2O)N(C)CCO)cc1OC. The minimum Gasteiger partial charge on any atom is -0.493 e. The number of aromatic hydroxyl groups is 1. The smallest absolute Gasteiger partial charge is 0.230 e. The fourth-order valence-corrected chi connectivity index (χ4v) is 4.14. The molecule has 0 bridgehead atoms. The number of fused-ring (bicyclic) bond motifs is 1. The first-order valence-electron chi connectivity index (χ1n) is 8.08. The molecular weight excluding hydrogens is 356 g/mol. The Kier molecular flexibility index (Phi) is 5.30.